The van der Waals surface area contributed by atoms with E-state index in [4.69, 9.17) is 15.4 Å². The minimum atomic E-state index is -6.09. The summed E-state index contributed by atoms with van der Waals surface area (Å²) in [6.07, 6.45) is -5.62. The maximum absolute atomic E-state index is 11.8. The van der Waals surface area contributed by atoms with Gasteiger partial charge in [-0.3, -0.25) is 18.3 Å². The first-order valence-corrected chi connectivity index (χ1v) is 11.6. The van der Waals surface area contributed by atoms with Gasteiger partial charge in [0, 0.05) is 6.20 Å². The van der Waals surface area contributed by atoms with Gasteiger partial charge in [-0.25, -0.2) is 13.4 Å². The third kappa shape index (κ3) is 6.73. The fourth-order valence-electron chi connectivity index (χ4n) is 2.17. The smallest absolute Gasteiger partial charge is 0.351 e. The van der Waals surface area contributed by atoms with Crippen LogP contribution in [0.2, 0.25) is 0 Å². The third-order valence-corrected chi connectivity index (χ3v) is 6.95. The highest BCUT2D eigenvalue weighted by Gasteiger charge is 2.44. The number of hydrogen-bond acceptors (Lipinski definition) is 15. The van der Waals surface area contributed by atoms with E-state index < -0.39 is 60.3 Å². The molecule has 1 aromatic rings. The fraction of sp³-hybridized carbons (Fsp3) is 0.556. The van der Waals surface area contributed by atoms with E-state index in [9.17, 15) is 43.4 Å². The number of phosphoric acid groups is 3. The van der Waals surface area contributed by atoms with Crippen molar-refractivity contribution in [1.82, 2.24) is 9.55 Å². The molecule has 166 valence electrons. The Balaban J connectivity index is 2.05. The van der Waals surface area contributed by atoms with Crippen molar-refractivity contribution >= 4 is 29.3 Å². The zero-order valence-corrected chi connectivity index (χ0v) is 16.5. The summed E-state index contributed by atoms with van der Waals surface area (Å²) in [7, 11) is -17.8. The van der Waals surface area contributed by atoms with E-state index in [2.05, 4.69) is 18.1 Å². The van der Waals surface area contributed by atoms with Crippen molar-refractivity contribution < 1.29 is 61.4 Å². The lowest BCUT2D eigenvalue weighted by Gasteiger charge is -2.33. The Labute approximate surface area is 160 Å². The number of nitrogens with two attached hydrogens (primary N) is 1. The second kappa shape index (κ2) is 8.61. The molecule has 4 unspecified atom stereocenters. The van der Waals surface area contributed by atoms with Gasteiger partial charge in [-0.2, -0.15) is 4.98 Å². The van der Waals surface area contributed by atoms with Crippen LogP contribution in [0.25, 0.3) is 0 Å². The van der Waals surface area contributed by atoms with Crippen LogP contribution < -0.4 is 26.1 Å². The molecule has 1 saturated heterocycles. The lowest BCUT2D eigenvalue weighted by molar-refractivity contribution is -0.250. The molecule has 0 spiro atoms. The van der Waals surface area contributed by atoms with Gasteiger partial charge < -0.3 is 44.8 Å². The second-order valence-electron chi connectivity index (χ2n) is 5.41. The number of aromatic nitrogens is 2. The Hall–Kier alpha value is -1.03. The number of nitrogen functional groups attached to an aromatic ring is 1. The summed E-state index contributed by atoms with van der Waals surface area (Å²) in [5.74, 6) is -0.140. The molecule has 1 aromatic heterocycles. The Morgan fingerprint density at radius 1 is 1.17 bits per heavy atom. The molecule has 2 heterocycles. The molecule has 0 aromatic carbocycles. The van der Waals surface area contributed by atoms with Crippen LogP contribution in [0.4, 0.5) is 5.82 Å². The van der Waals surface area contributed by atoms with Gasteiger partial charge in [-0.1, -0.05) is 0 Å². The van der Waals surface area contributed by atoms with Crippen molar-refractivity contribution in [1.29, 1.82) is 0 Å². The number of nitrogens with zero attached hydrogens (tertiary/aromatic N) is 2. The lowest BCUT2D eigenvalue weighted by atomic mass is 10.1. The highest BCUT2D eigenvalue weighted by molar-refractivity contribution is 7.65. The van der Waals surface area contributed by atoms with Crippen LogP contribution in [0.5, 0.6) is 0 Å². The molecule has 0 bridgehead atoms. The Bertz CT molecular complexity index is 946. The zero-order valence-electron chi connectivity index (χ0n) is 13.8. The average Bonchev–Trinajstić information content (AvgIpc) is 2.78. The number of anilines is 1. The molecule has 7 atom stereocenters. The SMILES string of the molecule is Nc1ccn([C@@H]2O[C@H](COP(=O)([O-])OP(=O)([O-])OP(=O)([O-])O)C(O)[C@H]2O)c(=O)n1. The molecule has 17 nitrogen and oxygen atoms in total. The lowest BCUT2D eigenvalue weighted by Crippen LogP contribution is -2.36. The standard InChI is InChI=1S/C9H16N3O14P3/c10-5-1-2-12(9(15)11-5)8-7(14)6(13)4(24-8)3-23-28(19,20)26-29(21,22)25-27(16,17)18/h1-2,4,6-8,13-14H,3H2,(H,19,20)(H,21,22)(H2,10,11,15)(H2,16,17,18)/p-3/t4-,6?,7-,8-/m1/s1. The molecule has 0 saturated carbocycles. The highest BCUT2D eigenvalue weighted by atomic mass is 31.3. The topological polar surface area (TPSA) is 279 Å². The van der Waals surface area contributed by atoms with Gasteiger partial charge in [0.1, 0.15) is 24.1 Å². The summed E-state index contributed by atoms with van der Waals surface area (Å²) in [6, 6.07) is 1.18. The molecule has 5 N–H and O–H groups in total. The molecule has 2 rings (SSSR count). The Kier molecular flexibility index (Phi) is 7.20. The van der Waals surface area contributed by atoms with Crippen LogP contribution in [0.3, 0.4) is 0 Å². The first kappa shape index (κ1) is 24.2. The molecule has 0 aliphatic carbocycles. The molecule has 1 fully saturated rings. The summed E-state index contributed by atoms with van der Waals surface area (Å²) >= 11 is 0. The highest BCUT2D eigenvalue weighted by Crippen LogP contribution is 2.61. The summed E-state index contributed by atoms with van der Waals surface area (Å²) < 4.78 is 49.5. The van der Waals surface area contributed by atoms with Gasteiger partial charge in [-0.05, 0) is 6.07 Å². The summed E-state index contributed by atoms with van der Waals surface area (Å²) in [5, 5.41) is 19.9. The van der Waals surface area contributed by atoms with Gasteiger partial charge in [0.15, 0.2) is 6.23 Å². The van der Waals surface area contributed by atoms with Crippen molar-refractivity contribution in [3.8, 4) is 0 Å². The predicted octanol–water partition coefficient (Wildman–Crippen LogP) is -4.11. The van der Waals surface area contributed by atoms with E-state index in [1.807, 2.05) is 0 Å². The number of aliphatic hydroxyl groups excluding tert-OH is 2. The van der Waals surface area contributed by atoms with Crippen molar-refractivity contribution in [2.45, 2.75) is 24.5 Å². The van der Waals surface area contributed by atoms with Gasteiger partial charge in [0.25, 0.3) is 23.5 Å². The first-order valence-electron chi connectivity index (χ1n) is 7.20. The van der Waals surface area contributed by atoms with E-state index in [1.54, 1.807) is 0 Å². The van der Waals surface area contributed by atoms with Crippen molar-refractivity contribution in [3.05, 3.63) is 22.7 Å². The molecule has 20 heteroatoms. The van der Waals surface area contributed by atoms with Crippen LogP contribution in [0.15, 0.2) is 17.1 Å². The minimum absolute atomic E-state index is 0.140. The summed E-state index contributed by atoms with van der Waals surface area (Å²) in [4.78, 5) is 56.4. The molecule has 29 heavy (non-hydrogen) atoms. The van der Waals surface area contributed by atoms with Crippen LogP contribution in [-0.2, 0) is 31.6 Å². The molecule has 0 radical (unpaired) electrons. The molecule has 1 aliphatic heterocycles. The fourth-order valence-corrected chi connectivity index (χ4v) is 5.06. The van der Waals surface area contributed by atoms with Crippen molar-refractivity contribution in [2.75, 3.05) is 12.3 Å². The average molecular weight is 480 g/mol. The number of ether oxygens (including phenoxy) is 1. The Morgan fingerprint density at radius 2 is 1.79 bits per heavy atom. The van der Waals surface area contributed by atoms with E-state index >= 15 is 0 Å². The summed E-state index contributed by atoms with van der Waals surface area (Å²) in [5.41, 5.74) is 4.35. The maximum Gasteiger partial charge on any atom is 0.351 e. The molecule has 0 amide bonds. The maximum atomic E-state index is 11.8. The van der Waals surface area contributed by atoms with Gasteiger partial charge >= 0.3 is 5.69 Å². The van der Waals surface area contributed by atoms with Crippen LogP contribution in [0.1, 0.15) is 6.23 Å². The third-order valence-electron chi connectivity index (χ3n) is 3.26. The molecular weight excluding hydrogens is 467 g/mol. The zero-order chi connectivity index (χ0) is 22.2. The summed E-state index contributed by atoms with van der Waals surface area (Å²) in [6.45, 7) is -1.12. The van der Waals surface area contributed by atoms with Crippen molar-refractivity contribution in [3.63, 3.8) is 0 Å². The first-order chi connectivity index (χ1) is 13.1. The van der Waals surface area contributed by atoms with Crippen molar-refractivity contribution in [2.24, 2.45) is 0 Å². The monoisotopic (exact) mass is 480 g/mol. The predicted molar refractivity (Wildman–Crippen MR) is 82.0 cm³/mol. The van der Waals surface area contributed by atoms with Crippen LogP contribution >= 0.6 is 23.5 Å². The van der Waals surface area contributed by atoms with E-state index in [-0.39, 0.29) is 5.82 Å². The minimum Gasteiger partial charge on any atom is -0.756 e. The largest absolute Gasteiger partial charge is 0.756 e. The molecule has 1 aliphatic rings. The number of rotatable bonds is 8. The van der Waals surface area contributed by atoms with Gasteiger partial charge in [0.05, 0.1) is 6.61 Å². The van der Waals surface area contributed by atoms with E-state index in [1.165, 1.54) is 6.07 Å². The quantitative estimate of drug-likeness (QED) is 0.257. The van der Waals surface area contributed by atoms with E-state index in [0.717, 1.165) is 10.8 Å². The van der Waals surface area contributed by atoms with Crippen LogP contribution in [0, 0.1) is 0 Å². The Morgan fingerprint density at radius 3 is 2.34 bits per heavy atom. The second-order valence-corrected chi connectivity index (χ2v) is 9.70. The number of phosphoric ester groups is 1. The van der Waals surface area contributed by atoms with Crippen LogP contribution in [-0.4, -0.2) is 49.6 Å². The number of hydrogen-bond donors (Lipinski definition) is 4. The number of aliphatic hydroxyl groups is 2. The van der Waals surface area contributed by atoms with Gasteiger partial charge in [-0.15, -0.1) is 0 Å². The van der Waals surface area contributed by atoms with Gasteiger partial charge in [0.2, 0.25) is 0 Å². The normalized spacial score (nSPS) is 31.0. The van der Waals surface area contributed by atoms with E-state index in [0.29, 0.717) is 0 Å². The molecular formula is C9H13N3O14P3-3.